The van der Waals surface area contributed by atoms with Crippen molar-refractivity contribution in [2.24, 2.45) is 0 Å². The van der Waals surface area contributed by atoms with Crippen molar-refractivity contribution in [3.63, 3.8) is 0 Å². The van der Waals surface area contributed by atoms with Gasteiger partial charge >= 0.3 is 0 Å². The summed E-state index contributed by atoms with van der Waals surface area (Å²) in [6, 6.07) is 11.6. The molecule has 0 aliphatic carbocycles. The zero-order valence-electron chi connectivity index (χ0n) is 12.1. The molecule has 110 valence electrons. The van der Waals surface area contributed by atoms with Crippen molar-refractivity contribution >= 4 is 17.2 Å². The molecular weight excluding hydrogens is 282 g/mol. The van der Waals surface area contributed by atoms with Gasteiger partial charge in [-0.2, -0.15) is 0 Å². The third-order valence-electron chi connectivity index (χ3n) is 3.08. The van der Waals surface area contributed by atoms with Crippen LogP contribution in [0.5, 0.6) is 0 Å². The second kappa shape index (κ2) is 7.76. The zero-order valence-corrected chi connectivity index (χ0v) is 12.9. The first-order chi connectivity index (χ1) is 10.2. The van der Waals surface area contributed by atoms with Crippen LogP contribution in [0, 0.1) is 0 Å². The molecule has 3 nitrogen and oxygen atoms in total. The van der Waals surface area contributed by atoms with E-state index in [2.05, 4.69) is 6.58 Å². The fourth-order valence-electron chi connectivity index (χ4n) is 2.06. The molecule has 0 aliphatic heterocycles. The molecule has 0 saturated carbocycles. The third-order valence-corrected chi connectivity index (χ3v) is 3.94. The van der Waals surface area contributed by atoms with Crippen molar-refractivity contribution in [2.45, 2.75) is 13.2 Å². The predicted molar refractivity (Wildman–Crippen MR) is 86.4 cm³/mol. The van der Waals surface area contributed by atoms with Gasteiger partial charge in [-0.25, -0.2) is 0 Å². The fourth-order valence-corrected chi connectivity index (χ4v) is 2.78. The Labute approximate surface area is 129 Å². The summed E-state index contributed by atoms with van der Waals surface area (Å²) in [6.07, 6.45) is 1.75. The largest absolute Gasteiger partial charge is 0.380 e. The van der Waals surface area contributed by atoms with Gasteiger partial charge in [-0.05, 0) is 29.1 Å². The molecule has 0 bridgehead atoms. The normalized spacial score (nSPS) is 10.3. The monoisotopic (exact) mass is 301 g/mol. The number of methoxy groups -OCH3 is 1. The van der Waals surface area contributed by atoms with Crippen LogP contribution in [-0.2, 0) is 17.9 Å². The van der Waals surface area contributed by atoms with Crippen LogP contribution in [0.25, 0.3) is 0 Å². The van der Waals surface area contributed by atoms with Crippen molar-refractivity contribution in [1.29, 1.82) is 0 Å². The molecule has 1 aromatic heterocycles. The lowest BCUT2D eigenvalue weighted by atomic mass is 10.1. The van der Waals surface area contributed by atoms with E-state index in [4.69, 9.17) is 4.74 Å². The highest BCUT2D eigenvalue weighted by molar-refractivity contribution is 7.09. The molecule has 4 heteroatoms. The van der Waals surface area contributed by atoms with Crippen molar-refractivity contribution < 1.29 is 9.53 Å². The highest BCUT2D eigenvalue weighted by Crippen LogP contribution is 2.15. The summed E-state index contributed by atoms with van der Waals surface area (Å²) in [4.78, 5) is 15.5. The zero-order chi connectivity index (χ0) is 15.1. The van der Waals surface area contributed by atoms with Gasteiger partial charge in [-0.15, -0.1) is 17.9 Å². The molecule has 1 amide bonds. The number of nitrogens with zero attached hydrogens (tertiary/aromatic N) is 1. The summed E-state index contributed by atoms with van der Waals surface area (Å²) in [5.74, 6) is 0.0206. The first-order valence-corrected chi connectivity index (χ1v) is 7.63. The Bertz CT molecular complexity index is 575. The number of ether oxygens (including phenoxy) is 1. The fraction of sp³-hybridized carbons (Fsp3) is 0.235. The van der Waals surface area contributed by atoms with Crippen molar-refractivity contribution in [3.05, 3.63) is 70.4 Å². The number of thiophene rings is 1. The topological polar surface area (TPSA) is 29.5 Å². The Kier molecular flexibility index (Phi) is 5.72. The Morgan fingerprint density at radius 2 is 2.10 bits per heavy atom. The SMILES string of the molecule is C=CCN(Cc1cccs1)C(=O)c1ccc(COC)cc1. The maximum absolute atomic E-state index is 12.6. The first-order valence-electron chi connectivity index (χ1n) is 6.75. The highest BCUT2D eigenvalue weighted by Gasteiger charge is 2.15. The molecule has 0 unspecified atom stereocenters. The maximum Gasteiger partial charge on any atom is 0.254 e. The van der Waals surface area contributed by atoms with E-state index in [1.54, 1.807) is 29.4 Å². The number of hydrogen-bond donors (Lipinski definition) is 0. The lowest BCUT2D eigenvalue weighted by Gasteiger charge is -2.20. The lowest BCUT2D eigenvalue weighted by Crippen LogP contribution is -2.30. The number of carbonyl (C=O) groups is 1. The molecule has 0 atom stereocenters. The quantitative estimate of drug-likeness (QED) is 0.729. The van der Waals surface area contributed by atoms with Gasteiger partial charge < -0.3 is 9.64 Å². The van der Waals surface area contributed by atoms with E-state index in [9.17, 15) is 4.79 Å². The van der Waals surface area contributed by atoms with E-state index < -0.39 is 0 Å². The van der Waals surface area contributed by atoms with Gasteiger partial charge in [0.05, 0.1) is 13.2 Å². The first kappa shape index (κ1) is 15.5. The molecule has 0 fully saturated rings. The van der Waals surface area contributed by atoms with Gasteiger partial charge in [0.25, 0.3) is 5.91 Å². The van der Waals surface area contributed by atoms with Gasteiger partial charge in [-0.1, -0.05) is 24.3 Å². The minimum Gasteiger partial charge on any atom is -0.380 e. The van der Waals surface area contributed by atoms with Gasteiger partial charge in [0.15, 0.2) is 0 Å². The predicted octanol–water partition coefficient (Wildman–Crippen LogP) is 3.72. The summed E-state index contributed by atoms with van der Waals surface area (Å²) < 4.78 is 5.08. The smallest absolute Gasteiger partial charge is 0.254 e. The Hall–Kier alpha value is -1.91. The number of carbonyl (C=O) groups excluding carboxylic acids is 1. The van der Waals surface area contributed by atoms with Gasteiger partial charge in [0.2, 0.25) is 0 Å². The summed E-state index contributed by atoms with van der Waals surface area (Å²) in [6.45, 7) is 5.44. The molecular formula is C17H19NO2S. The van der Waals surface area contributed by atoms with Crippen molar-refractivity contribution in [2.75, 3.05) is 13.7 Å². The Balaban J connectivity index is 2.11. The average Bonchev–Trinajstić information content (AvgIpc) is 3.00. The van der Waals surface area contributed by atoms with Crippen molar-refractivity contribution in [1.82, 2.24) is 4.90 Å². The third kappa shape index (κ3) is 4.28. The number of rotatable bonds is 7. The molecule has 1 heterocycles. The van der Waals surface area contributed by atoms with Crippen molar-refractivity contribution in [3.8, 4) is 0 Å². The summed E-state index contributed by atoms with van der Waals surface area (Å²) in [5.41, 5.74) is 1.75. The second-order valence-electron chi connectivity index (χ2n) is 4.68. The van der Waals surface area contributed by atoms with Gasteiger partial charge in [0.1, 0.15) is 0 Å². The Morgan fingerprint density at radius 1 is 1.33 bits per heavy atom. The molecule has 1 aromatic carbocycles. The van der Waals surface area contributed by atoms with Gasteiger partial charge in [0, 0.05) is 24.1 Å². The number of hydrogen-bond acceptors (Lipinski definition) is 3. The van der Waals surface area contributed by atoms with E-state index in [-0.39, 0.29) is 5.91 Å². The number of benzene rings is 1. The molecule has 0 saturated heterocycles. The van der Waals surface area contributed by atoms with E-state index in [1.807, 2.05) is 41.8 Å². The van der Waals surface area contributed by atoms with Crippen LogP contribution < -0.4 is 0 Å². The van der Waals surface area contributed by atoms with Crippen LogP contribution in [0.1, 0.15) is 20.8 Å². The van der Waals surface area contributed by atoms with Crippen LogP contribution in [-0.4, -0.2) is 24.5 Å². The summed E-state index contributed by atoms with van der Waals surface area (Å²) in [5, 5.41) is 2.02. The van der Waals surface area contributed by atoms with E-state index in [1.165, 1.54) is 4.88 Å². The van der Waals surface area contributed by atoms with E-state index >= 15 is 0 Å². The van der Waals surface area contributed by atoms with E-state index in [0.29, 0.717) is 25.3 Å². The highest BCUT2D eigenvalue weighted by atomic mass is 32.1. The van der Waals surface area contributed by atoms with Crippen LogP contribution in [0.3, 0.4) is 0 Å². The number of amides is 1. The van der Waals surface area contributed by atoms with Crippen LogP contribution in [0.2, 0.25) is 0 Å². The van der Waals surface area contributed by atoms with Gasteiger partial charge in [-0.3, -0.25) is 4.79 Å². The summed E-state index contributed by atoms with van der Waals surface area (Å²) in [7, 11) is 1.66. The molecule has 0 spiro atoms. The molecule has 0 N–H and O–H groups in total. The molecule has 0 aliphatic rings. The molecule has 0 radical (unpaired) electrons. The summed E-state index contributed by atoms with van der Waals surface area (Å²) >= 11 is 1.65. The van der Waals surface area contributed by atoms with Crippen LogP contribution >= 0.6 is 11.3 Å². The molecule has 2 rings (SSSR count). The van der Waals surface area contributed by atoms with E-state index in [0.717, 1.165) is 5.56 Å². The lowest BCUT2D eigenvalue weighted by molar-refractivity contribution is 0.0764. The molecule has 21 heavy (non-hydrogen) atoms. The minimum atomic E-state index is 0.0206. The van der Waals surface area contributed by atoms with Crippen LogP contribution in [0.4, 0.5) is 0 Å². The van der Waals surface area contributed by atoms with Crippen LogP contribution in [0.15, 0.2) is 54.4 Å². The molecule has 2 aromatic rings. The Morgan fingerprint density at radius 3 is 2.67 bits per heavy atom. The second-order valence-corrected chi connectivity index (χ2v) is 5.72. The average molecular weight is 301 g/mol. The minimum absolute atomic E-state index is 0.0206. The standard InChI is InChI=1S/C17H19NO2S/c1-3-10-18(12-16-5-4-11-21-16)17(19)15-8-6-14(7-9-15)13-20-2/h3-9,11H,1,10,12-13H2,2H3. The maximum atomic E-state index is 12.6.